The van der Waals surface area contributed by atoms with Crippen LogP contribution in [-0.2, 0) is 4.79 Å². The Morgan fingerprint density at radius 3 is 2.17 bits per heavy atom. The van der Waals surface area contributed by atoms with E-state index in [4.69, 9.17) is 5.73 Å². The van der Waals surface area contributed by atoms with E-state index in [0.717, 1.165) is 25.7 Å². The minimum absolute atomic E-state index is 0.00205. The number of nitrogens with two attached hydrogens (primary N) is 1. The van der Waals surface area contributed by atoms with Gasteiger partial charge in [0.05, 0.1) is 12.1 Å². The molecule has 0 bridgehead atoms. The van der Waals surface area contributed by atoms with Crippen LogP contribution in [0.15, 0.2) is 0 Å². The highest BCUT2D eigenvalue weighted by Gasteiger charge is 2.27. The van der Waals surface area contributed by atoms with Crippen LogP contribution >= 0.6 is 0 Å². The molecule has 0 aliphatic carbocycles. The van der Waals surface area contributed by atoms with Crippen molar-refractivity contribution in [1.82, 2.24) is 5.32 Å². The lowest BCUT2D eigenvalue weighted by molar-refractivity contribution is -0.124. The van der Waals surface area contributed by atoms with Crippen molar-refractivity contribution >= 4 is 5.91 Å². The van der Waals surface area contributed by atoms with Gasteiger partial charge >= 0.3 is 0 Å². The molecule has 0 fully saturated rings. The van der Waals surface area contributed by atoms with Gasteiger partial charge < -0.3 is 16.2 Å². The molecule has 0 aromatic carbocycles. The van der Waals surface area contributed by atoms with Crippen LogP contribution in [0.4, 0.5) is 0 Å². The van der Waals surface area contributed by atoms with E-state index < -0.39 is 5.54 Å². The normalized spacial score (nSPS) is 12.6. The van der Waals surface area contributed by atoms with Gasteiger partial charge in [0.25, 0.3) is 0 Å². The van der Waals surface area contributed by atoms with Crippen molar-refractivity contribution in [2.45, 2.75) is 65.3 Å². The van der Waals surface area contributed by atoms with Gasteiger partial charge in [0.2, 0.25) is 5.91 Å². The Kier molecular flexibility index (Phi) is 7.48. The Balaban J connectivity index is 4.26. The number of hydrogen-bond donors (Lipinski definition) is 3. The van der Waals surface area contributed by atoms with E-state index in [0.29, 0.717) is 13.0 Å². The molecule has 0 heterocycles. The fourth-order valence-electron chi connectivity index (χ4n) is 2.02. The average Bonchev–Trinajstić information content (AvgIpc) is 2.34. The topological polar surface area (TPSA) is 75.3 Å². The summed E-state index contributed by atoms with van der Waals surface area (Å²) in [6, 6.07) is 0. The van der Waals surface area contributed by atoms with Gasteiger partial charge in [0, 0.05) is 6.42 Å². The Bertz CT molecular complexity index is 240. The summed E-state index contributed by atoms with van der Waals surface area (Å²) in [4.78, 5) is 11.9. The molecule has 108 valence electrons. The molecule has 0 saturated heterocycles. The van der Waals surface area contributed by atoms with E-state index in [1.54, 1.807) is 0 Å². The van der Waals surface area contributed by atoms with Crippen LogP contribution in [0.5, 0.6) is 0 Å². The maximum Gasteiger partial charge on any atom is 0.220 e. The molecule has 18 heavy (non-hydrogen) atoms. The third kappa shape index (κ3) is 5.83. The van der Waals surface area contributed by atoms with Crippen molar-refractivity contribution in [3.05, 3.63) is 0 Å². The van der Waals surface area contributed by atoms with E-state index >= 15 is 0 Å². The number of hydrogen-bond acceptors (Lipinski definition) is 3. The van der Waals surface area contributed by atoms with Crippen molar-refractivity contribution in [1.29, 1.82) is 0 Å². The molecule has 0 spiro atoms. The molecule has 4 heteroatoms. The summed E-state index contributed by atoms with van der Waals surface area (Å²) in [5.41, 5.74) is 5.21. The first kappa shape index (κ1) is 17.4. The molecule has 0 saturated carbocycles. The van der Waals surface area contributed by atoms with Crippen LogP contribution in [0, 0.1) is 5.41 Å². The molecule has 0 aliphatic rings. The molecule has 1 amide bonds. The number of amides is 1. The maximum atomic E-state index is 11.9. The van der Waals surface area contributed by atoms with Gasteiger partial charge in [-0.1, -0.05) is 27.7 Å². The zero-order valence-electron chi connectivity index (χ0n) is 12.4. The molecular weight excluding hydrogens is 228 g/mol. The van der Waals surface area contributed by atoms with Crippen molar-refractivity contribution in [2.75, 3.05) is 13.2 Å². The lowest BCUT2D eigenvalue weighted by atomic mass is 9.84. The van der Waals surface area contributed by atoms with Crippen LogP contribution in [0.1, 0.15) is 59.8 Å². The molecular formula is C14H30N2O2. The van der Waals surface area contributed by atoms with Gasteiger partial charge in [-0.15, -0.1) is 0 Å². The van der Waals surface area contributed by atoms with Gasteiger partial charge in [-0.05, 0) is 37.6 Å². The summed E-state index contributed by atoms with van der Waals surface area (Å²) in [6.07, 6.45) is 3.74. The fourth-order valence-corrected chi connectivity index (χ4v) is 2.02. The van der Waals surface area contributed by atoms with E-state index in [1.165, 1.54) is 0 Å². The third-order valence-electron chi connectivity index (χ3n) is 3.91. The van der Waals surface area contributed by atoms with E-state index in [1.807, 2.05) is 13.8 Å². The Labute approximate surface area is 111 Å². The van der Waals surface area contributed by atoms with Gasteiger partial charge in [-0.3, -0.25) is 4.79 Å². The number of aliphatic hydroxyl groups is 1. The standard InChI is InChI=1S/C14H30N2O2/c1-5-14(6-2,11-17)16-12(18)7-8-13(3,4)9-10-15/h17H,5-11,15H2,1-4H3,(H,16,18). The predicted molar refractivity (Wildman–Crippen MR) is 75.2 cm³/mol. The number of rotatable bonds is 9. The minimum Gasteiger partial charge on any atom is -0.394 e. The molecule has 0 unspecified atom stereocenters. The Morgan fingerprint density at radius 1 is 1.22 bits per heavy atom. The second kappa shape index (κ2) is 7.74. The second-order valence-corrected chi connectivity index (χ2v) is 5.90. The summed E-state index contributed by atoms with van der Waals surface area (Å²) in [5.74, 6) is 0.0258. The van der Waals surface area contributed by atoms with Gasteiger partial charge in [0.15, 0.2) is 0 Å². The zero-order valence-corrected chi connectivity index (χ0v) is 12.4. The van der Waals surface area contributed by atoms with E-state index in [9.17, 15) is 9.90 Å². The molecule has 0 atom stereocenters. The van der Waals surface area contributed by atoms with Crippen molar-refractivity contribution in [3.63, 3.8) is 0 Å². The van der Waals surface area contributed by atoms with Crippen LogP contribution in [0.2, 0.25) is 0 Å². The Hall–Kier alpha value is -0.610. The molecule has 0 aromatic heterocycles. The lowest BCUT2D eigenvalue weighted by Crippen LogP contribution is -2.50. The molecule has 0 radical (unpaired) electrons. The fraction of sp³-hybridized carbons (Fsp3) is 0.929. The monoisotopic (exact) mass is 258 g/mol. The Morgan fingerprint density at radius 2 is 1.78 bits per heavy atom. The first-order chi connectivity index (χ1) is 8.34. The number of aliphatic hydroxyl groups excluding tert-OH is 1. The number of nitrogens with one attached hydrogen (secondary N) is 1. The highest BCUT2D eigenvalue weighted by molar-refractivity contribution is 5.76. The summed E-state index contributed by atoms with van der Waals surface area (Å²) in [7, 11) is 0. The van der Waals surface area contributed by atoms with Crippen LogP contribution in [-0.4, -0.2) is 29.7 Å². The summed E-state index contributed by atoms with van der Waals surface area (Å²) in [5, 5.41) is 12.4. The first-order valence-electron chi connectivity index (χ1n) is 6.96. The van der Waals surface area contributed by atoms with Crippen LogP contribution in [0.25, 0.3) is 0 Å². The van der Waals surface area contributed by atoms with E-state index in [-0.39, 0.29) is 17.9 Å². The smallest absolute Gasteiger partial charge is 0.220 e. The lowest BCUT2D eigenvalue weighted by Gasteiger charge is -2.31. The number of carbonyl (C=O) groups is 1. The summed E-state index contributed by atoms with van der Waals surface area (Å²) < 4.78 is 0. The highest BCUT2D eigenvalue weighted by atomic mass is 16.3. The molecule has 4 N–H and O–H groups in total. The van der Waals surface area contributed by atoms with Crippen LogP contribution in [0.3, 0.4) is 0 Å². The second-order valence-electron chi connectivity index (χ2n) is 5.90. The number of carbonyl (C=O) groups excluding carboxylic acids is 1. The van der Waals surface area contributed by atoms with Crippen molar-refractivity contribution < 1.29 is 9.90 Å². The van der Waals surface area contributed by atoms with E-state index in [2.05, 4.69) is 19.2 Å². The van der Waals surface area contributed by atoms with Gasteiger partial charge in [0.1, 0.15) is 0 Å². The first-order valence-corrected chi connectivity index (χ1v) is 6.96. The highest BCUT2D eigenvalue weighted by Crippen LogP contribution is 2.26. The van der Waals surface area contributed by atoms with Crippen LogP contribution < -0.4 is 11.1 Å². The zero-order chi connectivity index (χ0) is 14.2. The third-order valence-corrected chi connectivity index (χ3v) is 3.91. The minimum atomic E-state index is -0.449. The molecule has 0 rings (SSSR count). The van der Waals surface area contributed by atoms with Gasteiger partial charge in [-0.25, -0.2) is 0 Å². The quantitative estimate of drug-likeness (QED) is 0.590. The summed E-state index contributed by atoms with van der Waals surface area (Å²) in [6.45, 7) is 8.88. The maximum absolute atomic E-state index is 11.9. The van der Waals surface area contributed by atoms with Crippen molar-refractivity contribution in [2.24, 2.45) is 11.1 Å². The largest absolute Gasteiger partial charge is 0.394 e. The molecule has 0 aromatic rings. The predicted octanol–water partition coefficient (Wildman–Crippen LogP) is 1.81. The van der Waals surface area contributed by atoms with Crippen molar-refractivity contribution in [3.8, 4) is 0 Å². The molecule has 0 aliphatic heterocycles. The molecule has 4 nitrogen and oxygen atoms in total. The summed E-state index contributed by atoms with van der Waals surface area (Å²) >= 11 is 0. The van der Waals surface area contributed by atoms with Gasteiger partial charge in [-0.2, -0.15) is 0 Å². The average molecular weight is 258 g/mol. The SMILES string of the molecule is CCC(CC)(CO)NC(=O)CCC(C)(C)CCN.